The van der Waals surface area contributed by atoms with Crippen LogP contribution in [-0.2, 0) is 19.5 Å². The predicted octanol–water partition coefficient (Wildman–Crippen LogP) is 5.83. The zero-order valence-corrected chi connectivity index (χ0v) is 14.7. The second kappa shape index (κ2) is 36.5. The van der Waals surface area contributed by atoms with Crippen LogP contribution in [0.3, 0.4) is 0 Å². The van der Waals surface area contributed by atoms with E-state index in [1.165, 1.54) is 38.5 Å². The monoisotopic (exact) mass is 264 g/mol. The Labute approximate surface area is 112 Å². The Bertz CT molecular complexity index is 41.3. The standard InChI is InChI=1S/C6H14.2C4H9.Zn/c1-3-5-6-4-2;2*1-3-4-2;/h3-6H2,1-2H3;2*1,3-4H2,2H3;/q;2*-1;+2. The maximum absolute atomic E-state index is 3.60. The fourth-order valence-electron chi connectivity index (χ4n) is 0.500. The average molecular weight is 266 g/mol. The molecule has 0 fully saturated rings. The number of rotatable bonds is 5. The first-order valence-electron chi connectivity index (χ1n) is 6.33. The van der Waals surface area contributed by atoms with Gasteiger partial charge in [0.2, 0.25) is 0 Å². The Balaban J connectivity index is -0.0000000606. The van der Waals surface area contributed by atoms with Gasteiger partial charge in [-0.1, -0.05) is 66.2 Å². The van der Waals surface area contributed by atoms with Crippen molar-refractivity contribution >= 4 is 0 Å². The van der Waals surface area contributed by atoms with Gasteiger partial charge in [-0.15, -0.1) is 0 Å². The summed E-state index contributed by atoms with van der Waals surface area (Å²) in [4.78, 5) is 0. The average Bonchev–Trinajstić information content (AvgIpc) is 2.27. The molecule has 15 heavy (non-hydrogen) atoms. The molecule has 0 aliphatic heterocycles. The largest absolute Gasteiger partial charge is 2.00 e. The second-order valence-electron chi connectivity index (χ2n) is 3.41. The zero-order chi connectivity index (χ0) is 11.7. The van der Waals surface area contributed by atoms with Crippen molar-refractivity contribution in [3.05, 3.63) is 13.8 Å². The third-order valence-corrected chi connectivity index (χ3v) is 1.66. The summed E-state index contributed by atoms with van der Waals surface area (Å²) >= 11 is 0. The Hall–Kier alpha value is 0.623. The first-order chi connectivity index (χ1) is 6.74. The summed E-state index contributed by atoms with van der Waals surface area (Å²) < 4.78 is 0. The van der Waals surface area contributed by atoms with E-state index in [0.29, 0.717) is 0 Å². The summed E-state index contributed by atoms with van der Waals surface area (Å²) in [5, 5.41) is 0. The van der Waals surface area contributed by atoms with Crippen LogP contribution in [0.5, 0.6) is 0 Å². The van der Waals surface area contributed by atoms with Crippen LogP contribution >= 0.6 is 0 Å². The molecule has 0 radical (unpaired) electrons. The van der Waals surface area contributed by atoms with Crippen molar-refractivity contribution in [2.24, 2.45) is 0 Å². The van der Waals surface area contributed by atoms with Gasteiger partial charge < -0.3 is 13.8 Å². The Morgan fingerprint density at radius 3 is 0.867 bits per heavy atom. The van der Waals surface area contributed by atoms with Gasteiger partial charge in [0.1, 0.15) is 0 Å². The van der Waals surface area contributed by atoms with Crippen molar-refractivity contribution in [3.8, 4) is 0 Å². The predicted molar refractivity (Wildman–Crippen MR) is 70.3 cm³/mol. The Morgan fingerprint density at radius 2 is 0.800 bits per heavy atom. The van der Waals surface area contributed by atoms with E-state index in [1.54, 1.807) is 0 Å². The van der Waals surface area contributed by atoms with E-state index < -0.39 is 0 Å². The van der Waals surface area contributed by atoms with Crippen molar-refractivity contribution in [1.29, 1.82) is 0 Å². The quantitative estimate of drug-likeness (QED) is 0.333. The smallest absolute Gasteiger partial charge is 0.343 e. The van der Waals surface area contributed by atoms with Gasteiger partial charge in [0, 0.05) is 0 Å². The van der Waals surface area contributed by atoms with Crippen molar-refractivity contribution < 1.29 is 19.5 Å². The molecular formula is C14H32Zn. The van der Waals surface area contributed by atoms with E-state index in [1.807, 2.05) is 0 Å². The summed E-state index contributed by atoms with van der Waals surface area (Å²) in [7, 11) is 0. The molecule has 0 bridgehead atoms. The van der Waals surface area contributed by atoms with Gasteiger partial charge in [0.25, 0.3) is 0 Å². The third kappa shape index (κ3) is 73.7. The summed E-state index contributed by atoms with van der Waals surface area (Å²) in [6.07, 6.45) is 10.1. The van der Waals surface area contributed by atoms with Crippen LogP contribution < -0.4 is 0 Å². The van der Waals surface area contributed by atoms with E-state index in [2.05, 4.69) is 41.5 Å². The van der Waals surface area contributed by atoms with Crippen LogP contribution in [0.4, 0.5) is 0 Å². The van der Waals surface area contributed by atoms with E-state index in [-0.39, 0.29) is 19.5 Å². The van der Waals surface area contributed by atoms with Crippen molar-refractivity contribution in [2.75, 3.05) is 0 Å². The summed E-state index contributed by atoms with van der Waals surface area (Å²) in [5.74, 6) is 0. The molecule has 0 heterocycles. The Kier molecular flexibility index (Phi) is 60.2. The van der Waals surface area contributed by atoms with Crippen molar-refractivity contribution in [1.82, 2.24) is 0 Å². The van der Waals surface area contributed by atoms with Crippen LogP contribution in [-0.4, -0.2) is 0 Å². The molecule has 0 amide bonds. The van der Waals surface area contributed by atoms with Gasteiger partial charge in [0.15, 0.2) is 0 Å². The van der Waals surface area contributed by atoms with Crippen LogP contribution in [0.1, 0.15) is 79.1 Å². The molecule has 0 aromatic heterocycles. The number of hydrogen-bond donors (Lipinski definition) is 0. The molecule has 90 valence electrons. The van der Waals surface area contributed by atoms with Gasteiger partial charge in [-0.05, 0) is 0 Å². The number of unbranched alkanes of at least 4 members (excludes halogenated alkanes) is 5. The van der Waals surface area contributed by atoms with Gasteiger partial charge in [-0.3, -0.25) is 0 Å². The Morgan fingerprint density at radius 1 is 0.600 bits per heavy atom. The maximum atomic E-state index is 3.60. The second-order valence-corrected chi connectivity index (χ2v) is 3.41. The molecule has 0 nitrogen and oxygen atoms in total. The third-order valence-electron chi connectivity index (χ3n) is 1.66. The topological polar surface area (TPSA) is 0 Å². The molecule has 0 rings (SSSR count). The van der Waals surface area contributed by atoms with E-state index in [0.717, 1.165) is 12.8 Å². The minimum absolute atomic E-state index is 0. The molecule has 0 N–H and O–H groups in total. The molecule has 0 saturated heterocycles. The van der Waals surface area contributed by atoms with E-state index >= 15 is 0 Å². The minimum Gasteiger partial charge on any atom is -0.343 e. The minimum atomic E-state index is 0. The molecule has 0 atom stereocenters. The van der Waals surface area contributed by atoms with Crippen LogP contribution in [0.2, 0.25) is 0 Å². The molecule has 0 aromatic carbocycles. The molecule has 0 spiro atoms. The molecule has 1 heteroatoms. The summed E-state index contributed by atoms with van der Waals surface area (Å²) in [5.41, 5.74) is 0. The molecule has 0 saturated carbocycles. The van der Waals surface area contributed by atoms with Crippen molar-refractivity contribution in [3.63, 3.8) is 0 Å². The van der Waals surface area contributed by atoms with Gasteiger partial charge in [0.05, 0.1) is 0 Å². The van der Waals surface area contributed by atoms with Gasteiger partial charge >= 0.3 is 19.5 Å². The van der Waals surface area contributed by atoms with Crippen molar-refractivity contribution in [2.45, 2.75) is 79.1 Å². The number of hydrogen-bond acceptors (Lipinski definition) is 0. The normalized spacial score (nSPS) is 7.60. The van der Waals surface area contributed by atoms with Crippen LogP contribution in [0.15, 0.2) is 0 Å². The first-order valence-corrected chi connectivity index (χ1v) is 6.33. The first kappa shape index (κ1) is 24.7. The van der Waals surface area contributed by atoms with E-state index in [4.69, 9.17) is 0 Å². The fraction of sp³-hybridized carbons (Fsp3) is 0.857. The van der Waals surface area contributed by atoms with Gasteiger partial charge in [-0.25, -0.2) is 0 Å². The molecular weight excluding hydrogens is 234 g/mol. The van der Waals surface area contributed by atoms with Crippen LogP contribution in [0, 0.1) is 13.8 Å². The van der Waals surface area contributed by atoms with Crippen LogP contribution in [0.25, 0.3) is 0 Å². The molecule has 0 unspecified atom stereocenters. The SMILES string of the molecule is CCCCCC.[CH2-]CCC.[CH2-]CCC.[Zn+2]. The fourth-order valence-corrected chi connectivity index (χ4v) is 0.500. The maximum Gasteiger partial charge on any atom is 2.00 e. The molecule has 0 aliphatic carbocycles. The zero-order valence-electron chi connectivity index (χ0n) is 11.8. The summed E-state index contributed by atoms with van der Waals surface area (Å²) in [6, 6.07) is 0. The van der Waals surface area contributed by atoms with Gasteiger partial charge in [-0.2, -0.15) is 12.8 Å². The molecule has 0 aliphatic rings. The van der Waals surface area contributed by atoms with E-state index in [9.17, 15) is 0 Å². The molecule has 0 aromatic rings. The summed E-state index contributed by atoms with van der Waals surface area (Å²) in [6.45, 7) is 15.9.